The number of benzene rings is 2. The molecule has 1 N–H and O–H groups in total. The Labute approximate surface area is 177 Å². The Bertz CT molecular complexity index is 1380. The number of rotatable bonds is 5. The number of anilines is 1. The molecule has 2 aromatic carbocycles. The van der Waals surface area contributed by atoms with E-state index in [4.69, 9.17) is 4.74 Å². The van der Waals surface area contributed by atoms with Gasteiger partial charge in [-0.1, -0.05) is 36.4 Å². The molecule has 0 radical (unpaired) electrons. The quantitative estimate of drug-likeness (QED) is 0.530. The summed E-state index contributed by atoms with van der Waals surface area (Å²) in [5.74, 6) is 0.237. The molecule has 158 valence electrons. The third kappa shape index (κ3) is 3.50. The van der Waals surface area contributed by atoms with Crippen molar-refractivity contribution in [2.24, 2.45) is 14.1 Å². The van der Waals surface area contributed by atoms with Crippen LogP contribution in [0.2, 0.25) is 0 Å². The van der Waals surface area contributed by atoms with E-state index in [1.165, 1.54) is 29.6 Å². The highest BCUT2D eigenvalue weighted by Gasteiger charge is 2.27. The molecular weight excluding hydrogens is 398 g/mol. The molecule has 31 heavy (non-hydrogen) atoms. The van der Waals surface area contributed by atoms with E-state index in [0.717, 1.165) is 4.57 Å². The lowest BCUT2D eigenvalue weighted by atomic mass is 10.1. The van der Waals surface area contributed by atoms with Gasteiger partial charge in [0, 0.05) is 25.8 Å². The molecule has 0 spiro atoms. The van der Waals surface area contributed by atoms with Gasteiger partial charge in [0.05, 0.1) is 13.4 Å². The molecule has 0 saturated heterocycles. The van der Waals surface area contributed by atoms with Gasteiger partial charge in [-0.25, -0.2) is 9.78 Å². The molecule has 2 heterocycles. The molecule has 4 aromatic rings. The summed E-state index contributed by atoms with van der Waals surface area (Å²) in [7, 11) is 4.48. The zero-order valence-corrected chi connectivity index (χ0v) is 17.3. The highest BCUT2D eigenvalue weighted by molar-refractivity contribution is 5.96. The van der Waals surface area contributed by atoms with Crippen LogP contribution in [-0.4, -0.2) is 31.7 Å². The molecule has 0 bridgehead atoms. The Morgan fingerprint density at radius 2 is 1.77 bits per heavy atom. The molecule has 4 rings (SSSR count). The minimum Gasteiger partial charge on any atom is -0.497 e. The molecule has 1 atom stereocenters. The van der Waals surface area contributed by atoms with Crippen LogP contribution < -0.4 is 21.3 Å². The highest BCUT2D eigenvalue weighted by atomic mass is 16.5. The first-order valence-corrected chi connectivity index (χ1v) is 9.54. The van der Waals surface area contributed by atoms with Crippen LogP contribution in [0.15, 0.2) is 70.5 Å². The van der Waals surface area contributed by atoms with Crippen LogP contribution in [-0.2, 0) is 18.9 Å². The number of hydrogen-bond acceptors (Lipinski definition) is 5. The van der Waals surface area contributed by atoms with Crippen LogP contribution in [0, 0.1) is 0 Å². The van der Waals surface area contributed by atoms with Gasteiger partial charge < -0.3 is 14.6 Å². The van der Waals surface area contributed by atoms with E-state index in [9.17, 15) is 14.4 Å². The van der Waals surface area contributed by atoms with Gasteiger partial charge in [-0.2, -0.15) is 0 Å². The van der Waals surface area contributed by atoms with Crippen LogP contribution >= 0.6 is 0 Å². The van der Waals surface area contributed by atoms with Gasteiger partial charge in [-0.15, -0.1) is 0 Å². The maximum atomic E-state index is 13.4. The Kier molecular flexibility index (Phi) is 5.16. The number of carbonyl (C=O) groups is 1. The predicted octanol–water partition coefficient (Wildman–Crippen LogP) is 1.67. The van der Waals surface area contributed by atoms with E-state index in [1.807, 2.05) is 18.2 Å². The van der Waals surface area contributed by atoms with Gasteiger partial charge >= 0.3 is 5.69 Å². The van der Waals surface area contributed by atoms with Crippen LogP contribution in [0.5, 0.6) is 5.75 Å². The summed E-state index contributed by atoms with van der Waals surface area (Å²) in [6, 6.07) is 15.2. The van der Waals surface area contributed by atoms with Gasteiger partial charge in [0.1, 0.15) is 11.8 Å². The number of imidazole rings is 1. The number of aryl methyl sites for hydroxylation is 1. The minimum absolute atomic E-state index is 0.166. The monoisotopic (exact) mass is 419 g/mol. The van der Waals surface area contributed by atoms with Crippen molar-refractivity contribution in [3.63, 3.8) is 0 Å². The Morgan fingerprint density at radius 1 is 1.03 bits per heavy atom. The third-order valence-corrected chi connectivity index (χ3v) is 5.15. The summed E-state index contributed by atoms with van der Waals surface area (Å²) in [4.78, 5) is 42.9. The highest BCUT2D eigenvalue weighted by Crippen LogP contribution is 2.25. The Balaban J connectivity index is 1.88. The number of methoxy groups -OCH3 is 1. The van der Waals surface area contributed by atoms with E-state index >= 15 is 0 Å². The van der Waals surface area contributed by atoms with Crippen molar-refractivity contribution in [2.75, 3.05) is 12.4 Å². The minimum atomic E-state index is -0.886. The van der Waals surface area contributed by atoms with E-state index < -0.39 is 17.3 Å². The zero-order chi connectivity index (χ0) is 22.1. The lowest BCUT2D eigenvalue weighted by molar-refractivity contribution is -0.118. The number of carbonyl (C=O) groups excluding carboxylic acids is 1. The summed E-state index contributed by atoms with van der Waals surface area (Å²) < 4.78 is 9.01. The third-order valence-electron chi connectivity index (χ3n) is 5.15. The normalized spacial score (nSPS) is 12.0. The maximum absolute atomic E-state index is 13.4. The van der Waals surface area contributed by atoms with Gasteiger partial charge in [0.15, 0.2) is 11.2 Å². The zero-order valence-electron chi connectivity index (χ0n) is 17.3. The Morgan fingerprint density at radius 3 is 2.48 bits per heavy atom. The molecule has 9 nitrogen and oxygen atoms in total. The van der Waals surface area contributed by atoms with Crippen molar-refractivity contribution in [1.29, 1.82) is 0 Å². The van der Waals surface area contributed by atoms with E-state index in [1.54, 1.807) is 43.5 Å². The fraction of sp³-hybridized carbons (Fsp3) is 0.182. The number of nitrogens with zero attached hydrogens (tertiary/aromatic N) is 4. The summed E-state index contributed by atoms with van der Waals surface area (Å²) in [6.07, 6.45) is 1.41. The lowest BCUT2D eigenvalue weighted by Gasteiger charge is -2.20. The van der Waals surface area contributed by atoms with Crippen molar-refractivity contribution in [3.05, 3.63) is 87.3 Å². The van der Waals surface area contributed by atoms with Crippen LogP contribution in [0.4, 0.5) is 5.69 Å². The average Bonchev–Trinajstić information content (AvgIpc) is 3.22. The van der Waals surface area contributed by atoms with Crippen molar-refractivity contribution in [2.45, 2.75) is 6.04 Å². The summed E-state index contributed by atoms with van der Waals surface area (Å²) >= 11 is 0. The first-order valence-electron chi connectivity index (χ1n) is 9.54. The molecule has 1 amide bonds. The number of amides is 1. The van der Waals surface area contributed by atoms with Gasteiger partial charge in [-0.3, -0.25) is 18.7 Å². The topological polar surface area (TPSA) is 100 Å². The fourth-order valence-electron chi connectivity index (χ4n) is 3.54. The van der Waals surface area contributed by atoms with Crippen molar-refractivity contribution < 1.29 is 9.53 Å². The largest absolute Gasteiger partial charge is 0.497 e. The molecule has 0 saturated carbocycles. The van der Waals surface area contributed by atoms with Gasteiger partial charge in [-0.05, 0) is 17.7 Å². The second kappa shape index (κ2) is 7.94. The van der Waals surface area contributed by atoms with Gasteiger partial charge in [0.2, 0.25) is 0 Å². The summed E-state index contributed by atoms with van der Waals surface area (Å²) in [5.41, 5.74) is 0.584. The van der Waals surface area contributed by atoms with Crippen molar-refractivity contribution in [3.8, 4) is 5.75 Å². The van der Waals surface area contributed by atoms with Crippen LogP contribution in [0.1, 0.15) is 11.6 Å². The van der Waals surface area contributed by atoms with Crippen molar-refractivity contribution >= 4 is 22.8 Å². The molecule has 0 fully saturated rings. The summed E-state index contributed by atoms with van der Waals surface area (Å²) in [5, 5.41) is 2.88. The number of ether oxygens (including phenoxy) is 1. The summed E-state index contributed by atoms with van der Waals surface area (Å²) in [6.45, 7) is 0. The fourth-order valence-corrected chi connectivity index (χ4v) is 3.54. The number of hydrogen-bond donors (Lipinski definition) is 1. The first kappa shape index (κ1) is 20.1. The molecule has 0 aliphatic rings. The van der Waals surface area contributed by atoms with E-state index in [0.29, 0.717) is 17.0 Å². The number of aromatic nitrogens is 4. The lowest BCUT2D eigenvalue weighted by Crippen LogP contribution is -2.38. The number of fused-ring (bicyclic) bond motifs is 1. The predicted molar refractivity (Wildman–Crippen MR) is 116 cm³/mol. The van der Waals surface area contributed by atoms with Crippen molar-refractivity contribution in [1.82, 2.24) is 18.7 Å². The molecule has 0 unspecified atom stereocenters. The van der Waals surface area contributed by atoms with Gasteiger partial charge in [0.25, 0.3) is 11.5 Å². The average molecular weight is 419 g/mol. The SMILES string of the molecule is COc1cccc(NC(=O)[C@H](c2ccccc2)n2cnc3c2c(=O)n(C)c(=O)n3C)c1. The van der Waals surface area contributed by atoms with E-state index in [-0.39, 0.29) is 17.1 Å². The second-order valence-corrected chi connectivity index (χ2v) is 7.06. The maximum Gasteiger partial charge on any atom is 0.332 e. The smallest absolute Gasteiger partial charge is 0.332 e. The standard InChI is InChI=1S/C22H21N5O4/c1-25-19-18(21(29)26(2)22(25)30)27(13-23-19)17(14-8-5-4-6-9-14)20(28)24-15-10-7-11-16(12-15)31-3/h4-13,17H,1-3H3,(H,24,28)/t17-/m0/s1. The molecule has 9 heteroatoms. The van der Waals surface area contributed by atoms with Crippen LogP contribution in [0.25, 0.3) is 11.2 Å². The first-order chi connectivity index (χ1) is 14.9. The van der Waals surface area contributed by atoms with Crippen LogP contribution in [0.3, 0.4) is 0 Å². The molecule has 2 aromatic heterocycles. The molecule has 0 aliphatic carbocycles. The number of nitrogens with one attached hydrogen (secondary N) is 1. The molecule has 0 aliphatic heterocycles. The Hall–Kier alpha value is -4.14. The molecular formula is C22H21N5O4. The second-order valence-electron chi connectivity index (χ2n) is 7.06. The van der Waals surface area contributed by atoms with E-state index in [2.05, 4.69) is 10.3 Å².